The summed E-state index contributed by atoms with van der Waals surface area (Å²) in [5.74, 6) is -0.411. The summed E-state index contributed by atoms with van der Waals surface area (Å²) < 4.78 is 5.52. The van der Waals surface area contributed by atoms with Crippen molar-refractivity contribution < 1.29 is 9.53 Å². The van der Waals surface area contributed by atoms with Gasteiger partial charge in [-0.1, -0.05) is 65.8 Å². The zero-order valence-electron chi connectivity index (χ0n) is 18.0. The molecule has 0 amide bonds. The first-order valence-electron chi connectivity index (χ1n) is 10.0. The van der Waals surface area contributed by atoms with Crippen LogP contribution >= 0.6 is 0 Å². The van der Waals surface area contributed by atoms with Gasteiger partial charge in [0.15, 0.2) is 5.41 Å². The molecule has 27 heavy (non-hydrogen) atoms. The average molecular weight is 384 g/mol. The summed E-state index contributed by atoms with van der Waals surface area (Å²) in [5.41, 5.74) is 2.83. The maximum atomic E-state index is 13.4. The Balaban J connectivity index is 3.01. The molecule has 0 bridgehead atoms. The molecule has 0 spiro atoms. The molecule has 0 heterocycles. The Morgan fingerprint density at radius 2 is 1.63 bits per heavy atom. The number of esters is 1. The van der Waals surface area contributed by atoms with Crippen molar-refractivity contribution in [2.24, 2.45) is 0 Å². The Kier molecular flexibility index (Phi) is 6.06. The standard InChI is InChI=1S/C23H33NO2Si/c1-9-26-22(25)23(14-24)20-13-11-10-12-19(20)18(8)21(23)27(15(2)3,16(4)5)17(6)7/h10-13,15-17H,9H2,1-8H3. The molecule has 4 heteroatoms. The van der Waals surface area contributed by atoms with E-state index in [0.29, 0.717) is 16.6 Å². The summed E-state index contributed by atoms with van der Waals surface area (Å²) >= 11 is 0. The lowest BCUT2D eigenvalue weighted by Gasteiger charge is -2.48. The maximum absolute atomic E-state index is 13.4. The van der Waals surface area contributed by atoms with E-state index >= 15 is 0 Å². The molecule has 3 nitrogen and oxygen atoms in total. The fourth-order valence-corrected chi connectivity index (χ4v) is 13.3. The number of benzene rings is 1. The summed E-state index contributed by atoms with van der Waals surface area (Å²) in [5, 5.41) is 11.6. The van der Waals surface area contributed by atoms with Crippen molar-refractivity contribution in [2.75, 3.05) is 6.61 Å². The van der Waals surface area contributed by atoms with E-state index in [1.807, 2.05) is 24.3 Å². The van der Waals surface area contributed by atoms with Gasteiger partial charge < -0.3 is 4.74 Å². The maximum Gasteiger partial charge on any atom is 0.335 e. The van der Waals surface area contributed by atoms with E-state index in [-0.39, 0.29) is 6.61 Å². The fraction of sp³-hybridized carbons (Fsp3) is 0.565. The molecule has 146 valence electrons. The molecule has 1 aromatic rings. The molecule has 0 saturated heterocycles. The van der Waals surface area contributed by atoms with Gasteiger partial charge >= 0.3 is 5.97 Å². The van der Waals surface area contributed by atoms with Gasteiger partial charge in [0.25, 0.3) is 0 Å². The zero-order valence-corrected chi connectivity index (χ0v) is 19.0. The molecule has 0 radical (unpaired) electrons. The van der Waals surface area contributed by atoms with E-state index in [0.717, 1.165) is 21.9 Å². The highest BCUT2D eigenvalue weighted by atomic mass is 28.3. The number of carbonyl (C=O) groups is 1. The molecule has 1 unspecified atom stereocenters. The van der Waals surface area contributed by atoms with Gasteiger partial charge in [-0.05, 0) is 52.4 Å². The molecule has 0 N–H and O–H groups in total. The van der Waals surface area contributed by atoms with Crippen LogP contribution in [0.15, 0.2) is 29.5 Å². The van der Waals surface area contributed by atoms with Crippen LogP contribution in [0.3, 0.4) is 0 Å². The highest BCUT2D eigenvalue weighted by Gasteiger charge is 2.61. The Bertz CT molecular complexity index is 779. The summed E-state index contributed by atoms with van der Waals surface area (Å²) in [7, 11) is -2.25. The molecule has 0 saturated carbocycles. The third-order valence-electron chi connectivity index (χ3n) is 6.53. The first kappa shape index (κ1) is 21.4. The van der Waals surface area contributed by atoms with Crippen LogP contribution in [-0.2, 0) is 14.9 Å². The number of nitriles is 1. The first-order valence-corrected chi connectivity index (χ1v) is 12.3. The van der Waals surface area contributed by atoms with Gasteiger partial charge in [-0.3, -0.25) is 0 Å². The number of fused-ring (bicyclic) bond motifs is 1. The molecule has 0 aromatic heterocycles. The second-order valence-corrected chi connectivity index (χ2v) is 14.4. The van der Waals surface area contributed by atoms with E-state index in [2.05, 4.69) is 54.5 Å². The smallest absolute Gasteiger partial charge is 0.335 e. The number of allylic oxidation sites excluding steroid dienone is 1. The number of carbonyl (C=O) groups excluding carboxylic acids is 1. The van der Waals surface area contributed by atoms with Gasteiger partial charge in [-0.25, -0.2) is 4.79 Å². The lowest BCUT2D eigenvalue weighted by molar-refractivity contribution is -0.146. The van der Waals surface area contributed by atoms with Gasteiger partial charge in [0.05, 0.1) is 20.7 Å². The molecule has 1 aliphatic rings. The molecule has 1 atom stereocenters. The topological polar surface area (TPSA) is 50.1 Å². The molecule has 0 aliphatic heterocycles. The Hall–Kier alpha value is -1.86. The first-order chi connectivity index (χ1) is 12.6. The van der Waals surface area contributed by atoms with Gasteiger partial charge in [-0.15, -0.1) is 0 Å². The minimum Gasteiger partial charge on any atom is -0.464 e. The van der Waals surface area contributed by atoms with Crippen molar-refractivity contribution in [1.82, 2.24) is 0 Å². The molecule has 1 aliphatic carbocycles. The molecular formula is C23H33NO2Si. The summed E-state index contributed by atoms with van der Waals surface area (Å²) in [4.78, 5) is 13.4. The third-order valence-corrected chi connectivity index (χ3v) is 13.9. The lowest BCUT2D eigenvalue weighted by atomic mass is 9.83. The quantitative estimate of drug-likeness (QED) is 0.446. The molecular weight excluding hydrogens is 350 g/mol. The molecule has 1 aromatic carbocycles. The van der Waals surface area contributed by atoms with Gasteiger partial charge in [0, 0.05) is 0 Å². The highest BCUT2D eigenvalue weighted by molar-refractivity contribution is 6.91. The van der Waals surface area contributed by atoms with Crippen molar-refractivity contribution in [3.63, 3.8) is 0 Å². The molecule has 2 rings (SSSR count). The van der Waals surface area contributed by atoms with Crippen LogP contribution < -0.4 is 0 Å². The van der Waals surface area contributed by atoms with Crippen molar-refractivity contribution in [1.29, 1.82) is 5.26 Å². The Labute approximate surface area is 165 Å². The number of ether oxygens (including phenoxy) is 1. The van der Waals surface area contributed by atoms with Crippen molar-refractivity contribution in [2.45, 2.75) is 77.4 Å². The zero-order chi connectivity index (χ0) is 20.6. The largest absolute Gasteiger partial charge is 0.464 e. The lowest BCUT2D eigenvalue weighted by Crippen LogP contribution is -2.55. The van der Waals surface area contributed by atoms with Crippen molar-refractivity contribution in [3.05, 3.63) is 40.6 Å². The highest BCUT2D eigenvalue weighted by Crippen LogP contribution is 2.58. The third kappa shape index (κ3) is 2.79. The summed E-state index contributed by atoms with van der Waals surface area (Å²) in [6, 6.07) is 10.4. The van der Waals surface area contributed by atoms with Crippen molar-refractivity contribution >= 4 is 19.6 Å². The van der Waals surface area contributed by atoms with Crippen LogP contribution in [0.2, 0.25) is 16.6 Å². The van der Waals surface area contributed by atoms with Crippen molar-refractivity contribution in [3.8, 4) is 6.07 Å². The fourth-order valence-electron chi connectivity index (χ4n) is 5.82. The molecule has 0 fully saturated rings. The predicted octanol–water partition coefficient (Wildman–Crippen LogP) is 6.02. The van der Waals surface area contributed by atoms with Crippen LogP contribution in [0.25, 0.3) is 5.57 Å². The van der Waals surface area contributed by atoms with Crippen LogP contribution in [0.1, 0.15) is 66.5 Å². The SMILES string of the molecule is CCOC(=O)C1(C#N)C([Si](C(C)C)(C(C)C)C(C)C)=C(C)c2ccccc21. The van der Waals surface area contributed by atoms with Gasteiger partial charge in [0.1, 0.15) is 0 Å². The average Bonchev–Trinajstić information content (AvgIpc) is 2.85. The normalized spacial score (nSPS) is 19.6. The second-order valence-electron chi connectivity index (χ2n) is 8.52. The van der Waals surface area contributed by atoms with Crippen LogP contribution in [-0.4, -0.2) is 20.7 Å². The minimum atomic E-state index is -2.25. The van der Waals surface area contributed by atoms with Crippen LogP contribution in [0, 0.1) is 11.3 Å². The second kappa shape index (κ2) is 7.64. The van der Waals surface area contributed by atoms with E-state index in [1.54, 1.807) is 6.92 Å². The monoisotopic (exact) mass is 383 g/mol. The van der Waals surface area contributed by atoms with E-state index < -0.39 is 19.5 Å². The number of nitrogens with zero attached hydrogens (tertiary/aromatic N) is 1. The van der Waals surface area contributed by atoms with E-state index in [4.69, 9.17) is 4.74 Å². The predicted molar refractivity (Wildman–Crippen MR) is 114 cm³/mol. The van der Waals surface area contributed by atoms with Crippen LogP contribution in [0.5, 0.6) is 0 Å². The summed E-state index contributed by atoms with van der Waals surface area (Å²) in [6.45, 7) is 17.8. The Morgan fingerprint density at radius 3 is 2.07 bits per heavy atom. The minimum absolute atomic E-state index is 0.274. The van der Waals surface area contributed by atoms with Crippen LogP contribution in [0.4, 0.5) is 0 Å². The summed E-state index contributed by atoms with van der Waals surface area (Å²) in [6.07, 6.45) is 0. The van der Waals surface area contributed by atoms with E-state index in [1.165, 1.54) is 0 Å². The number of rotatable bonds is 6. The Morgan fingerprint density at radius 1 is 1.11 bits per heavy atom. The number of hydrogen-bond donors (Lipinski definition) is 0. The van der Waals surface area contributed by atoms with E-state index in [9.17, 15) is 10.1 Å². The number of hydrogen-bond acceptors (Lipinski definition) is 3. The van der Waals surface area contributed by atoms with Gasteiger partial charge in [0.2, 0.25) is 0 Å². The van der Waals surface area contributed by atoms with Gasteiger partial charge in [-0.2, -0.15) is 5.26 Å².